The molecule has 1 aromatic rings. The molecule has 0 bridgehead atoms. The highest BCUT2D eigenvalue weighted by Gasteiger charge is 2.44. The molecule has 0 radical (unpaired) electrons. The number of likely N-dealkylation sites (tertiary alicyclic amines) is 2. The fourth-order valence-electron chi connectivity index (χ4n) is 4.27. The lowest BCUT2D eigenvalue weighted by atomic mass is 10.0. The van der Waals surface area contributed by atoms with Crippen molar-refractivity contribution in [3.05, 3.63) is 47.3 Å². The number of amides is 3. The van der Waals surface area contributed by atoms with Gasteiger partial charge in [0.2, 0.25) is 5.91 Å². The Balaban J connectivity index is 0.000000493. The number of carboxylic acids is 2. The van der Waals surface area contributed by atoms with E-state index in [9.17, 15) is 32.3 Å². The molecular weight excluding hydrogens is 485 g/mol. The van der Waals surface area contributed by atoms with Crippen LogP contribution in [0.15, 0.2) is 24.3 Å². The van der Waals surface area contributed by atoms with Crippen LogP contribution in [0, 0.1) is 23.4 Å². The highest BCUT2D eigenvalue weighted by atomic mass is 19.2. The van der Waals surface area contributed by atoms with Gasteiger partial charge < -0.3 is 30.6 Å². The molecule has 0 unspecified atom stereocenters. The van der Waals surface area contributed by atoms with E-state index in [1.807, 2.05) is 0 Å². The van der Waals surface area contributed by atoms with Crippen molar-refractivity contribution in [2.75, 3.05) is 33.7 Å². The smallest absolute Gasteiger partial charge is 0.328 e. The van der Waals surface area contributed by atoms with Crippen LogP contribution >= 0.6 is 0 Å². The average Bonchev–Trinajstić information content (AvgIpc) is 3.36. The second-order valence-corrected chi connectivity index (χ2v) is 8.82. The topological polar surface area (TPSA) is 144 Å². The molecule has 2 fully saturated rings. The van der Waals surface area contributed by atoms with Crippen molar-refractivity contribution in [1.29, 1.82) is 0 Å². The standard InChI is InChI=1S/C19H25F3N4O2.C4H4O4/c1-24(2)19(28)25-9-11-3-4-26(17(11)10-25)18(27)7-13(23)5-12-6-15(21)16(22)8-14(12)20;5-3(6)1-2-4(7)8/h6,8,11,13,17H,3-5,7,9-10,23H2,1-2H3;1-2H,(H,5,6)(H,7,8)/b;2-1+/t11-,13+,17+;/m0./s1. The van der Waals surface area contributed by atoms with Gasteiger partial charge in [-0.25, -0.2) is 27.6 Å². The minimum atomic E-state index is -1.26. The molecule has 198 valence electrons. The van der Waals surface area contributed by atoms with Crippen LogP contribution in [0.3, 0.4) is 0 Å². The Morgan fingerprint density at radius 2 is 1.64 bits per heavy atom. The molecule has 2 saturated heterocycles. The molecule has 3 amide bonds. The number of benzene rings is 1. The molecule has 2 heterocycles. The number of aliphatic carboxylic acids is 2. The van der Waals surface area contributed by atoms with E-state index < -0.39 is 35.4 Å². The molecule has 0 aromatic heterocycles. The predicted octanol–water partition coefficient (Wildman–Crippen LogP) is 1.29. The molecule has 3 atom stereocenters. The minimum absolute atomic E-state index is 0.0245. The number of hydrogen-bond donors (Lipinski definition) is 3. The first kappa shape index (κ1) is 28.6. The Kier molecular flexibility index (Phi) is 9.84. The van der Waals surface area contributed by atoms with Crippen LogP contribution < -0.4 is 5.73 Å². The second-order valence-electron chi connectivity index (χ2n) is 8.82. The maximum absolute atomic E-state index is 13.8. The normalized spacial score (nSPS) is 19.5. The van der Waals surface area contributed by atoms with Crippen molar-refractivity contribution in [1.82, 2.24) is 14.7 Å². The van der Waals surface area contributed by atoms with Gasteiger partial charge in [0.05, 0.1) is 6.04 Å². The summed E-state index contributed by atoms with van der Waals surface area (Å²) in [6, 6.07) is 0.435. The van der Waals surface area contributed by atoms with Gasteiger partial charge in [0.15, 0.2) is 11.6 Å². The van der Waals surface area contributed by atoms with Gasteiger partial charge in [0.1, 0.15) is 5.82 Å². The number of nitrogens with two attached hydrogens (primary N) is 1. The summed E-state index contributed by atoms with van der Waals surface area (Å²) in [5, 5.41) is 15.6. The van der Waals surface area contributed by atoms with Gasteiger partial charge in [-0.2, -0.15) is 0 Å². The van der Waals surface area contributed by atoms with Crippen molar-refractivity contribution in [3.63, 3.8) is 0 Å². The van der Waals surface area contributed by atoms with E-state index in [4.69, 9.17) is 15.9 Å². The number of carbonyl (C=O) groups is 4. The molecule has 0 aliphatic carbocycles. The number of hydrogen-bond acceptors (Lipinski definition) is 5. The lowest BCUT2D eigenvalue weighted by molar-refractivity contribution is -0.134. The molecular formula is C23H29F3N4O6. The summed E-state index contributed by atoms with van der Waals surface area (Å²) < 4.78 is 40.2. The maximum Gasteiger partial charge on any atom is 0.328 e. The lowest BCUT2D eigenvalue weighted by Gasteiger charge is -2.27. The van der Waals surface area contributed by atoms with Crippen molar-refractivity contribution < 1.29 is 42.6 Å². The molecule has 36 heavy (non-hydrogen) atoms. The number of halogens is 3. The number of rotatable bonds is 6. The van der Waals surface area contributed by atoms with Gasteiger partial charge in [-0.1, -0.05) is 0 Å². The summed E-state index contributed by atoms with van der Waals surface area (Å²) in [5.41, 5.74) is 5.93. The Bertz CT molecular complexity index is 1020. The summed E-state index contributed by atoms with van der Waals surface area (Å²) in [7, 11) is 3.38. The third-order valence-corrected chi connectivity index (χ3v) is 5.90. The molecule has 2 aliphatic rings. The summed E-state index contributed by atoms with van der Waals surface area (Å²) >= 11 is 0. The zero-order chi connectivity index (χ0) is 27.2. The predicted molar refractivity (Wildman–Crippen MR) is 121 cm³/mol. The van der Waals surface area contributed by atoms with Crippen molar-refractivity contribution >= 4 is 23.9 Å². The van der Waals surface area contributed by atoms with E-state index in [1.54, 1.807) is 23.9 Å². The summed E-state index contributed by atoms with van der Waals surface area (Å²) in [6.07, 6.45) is 1.84. The lowest BCUT2D eigenvalue weighted by Crippen LogP contribution is -2.44. The number of carboxylic acid groups (broad SMARTS) is 2. The van der Waals surface area contributed by atoms with Crippen LogP contribution in [-0.2, 0) is 20.8 Å². The molecule has 1 aromatic carbocycles. The van der Waals surface area contributed by atoms with Crippen LogP contribution in [0.1, 0.15) is 18.4 Å². The molecule has 13 heteroatoms. The second kappa shape index (κ2) is 12.4. The first-order valence-electron chi connectivity index (χ1n) is 11.1. The van der Waals surface area contributed by atoms with E-state index in [2.05, 4.69) is 0 Å². The minimum Gasteiger partial charge on any atom is -0.478 e. The summed E-state index contributed by atoms with van der Waals surface area (Å²) in [4.78, 5) is 49.0. The quantitative estimate of drug-likeness (QED) is 0.383. The number of nitrogens with zero attached hydrogens (tertiary/aromatic N) is 3. The van der Waals surface area contributed by atoms with E-state index in [0.29, 0.717) is 37.9 Å². The first-order chi connectivity index (χ1) is 16.8. The summed E-state index contributed by atoms with van der Waals surface area (Å²) in [6.45, 7) is 1.71. The van der Waals surface area contributed by atoms with Gasteiger partial charge in [-0.3, -0.25) is 4.79 Å². The Morgan fingerprint density at radius 1 is 1.06 bits per heavy atom. The molecule has 10 nitrogen and oxygen atoms in total. The van der Waals surface area contributed by atoms with Crippen molar-refractivity contribution in [2.45, 2.75) is 31.3 Å². The largest absolute Gasteiger partial charge is 0.478 e. The van der Waals surface area contributed by atoms with Crippen LogP contribution in [0.5, 0.6) is 0 Å². The van der Waals surface area contributed by atoms with Crippen molar-refractivity contribution in [3.8, 4) is 0 Å². The third-order valence-electron chi connectivity index (χ3n) is 5.90. The van der Waals surface area contributed by atoms with E-state index >= 15 is 0 Å². The van der Waals surface area contributed by atoms with Gasteiger partial charge in [0, 0.05) is 70.3 Å². The fourth-order valence-corrected chi connectivity index (χ4v) is 4.27. The van der Waals surface area contributed by atoms with Gasteiger partial charge in [-0.05, 0) is 24.5 Å². The fraction of sp³-hybridized carbons (Fsp3) is 0.478. The SMILES string of the molecule is CN(C)C(=O)N1C[C@@H]2CCN(C(=O)C[C@H](N)Cc3cc(F)c(F)cc3F)[C@@H]2C1.O=C(O)/C=C/C(=O)O. The zero-order valence-corrected chi connectivity index (χ0v) is 19.9. The zero-order valence-electron chi connectivity index (χ0n) is 19.9. The molecule has 0 saturated carbocycles. The number of urea groups is 1. The molecule has 3 rings (SSSR count). The summed E-state index contributed by atoms with van der Waals surface area (Å²) in [5.74, 6) is -5.72. The third kappa shape index (κ3) is 7.70. The monoisotopic (exact) mass is 514 g/mol. The van der Waals surface area contributed by atoms with Gasteiger partial charge in [0.25, 0.3) is 0 Å². The maximum atomic E-state index is 13.8. The van der Waals surface area contributed by atoms with E-state index in [-0.39, 0.29) is 42.3 Å². The number of carbonyl (C=O) groups excluding carboxylic acids is 2. The van der Waals surface area contributed by atoms with Crippen LogP contribution in [0.25, 0.3) is 0 Å². The van der Waals surface area contributed by atoms with Crippen LogP contribution in [0.4, 0.5) is 18.0 Å². The van der Waals surface area contributed by atoms with Crippen LogP contribution in [-0.4, -0.2) is 94.6 Å². The van der Waals surface area contributed by atoms with Crippen molar-refractivity contribution in [2.24, 2.45) is 11.7 Å². The highest BCUT2D eigenvalue weighted by Crippen LogP contribution is 2.32. The Hall–Kier alpha value is -3.61. The Labute approximate surface area is 205 Å². The van der Waals surface area contributed by atoms with Gasteiger partial charge >= 0.3 is 18.0 Å². The Morgan fingerprint density at radius 3 is 2.19 bits per heavy atom. The highest BCUT2D eigenvalue weighted by molar-refractivity contribution is 5.89. The molecule has 0 spiro atoms. The van der Waals surface area contributed by atoms with E-state index in [0.717, 1.165) is 12.5 Å². The number of fused-ring (bicyclic) bond motifs is 1. The average molecular weight is 515 g/mol. The van der Waals surface area contributed by atoms with Crippen LogP contribution in [0.2, 0.25) is 0 Å². The van der Waals surface area contributed by atoms with E-state index in [1.165, 1.54) is 4.90 Å². The molecule has 4 N–H and O–H groups in total. The molecule has 2 aliphatic heterocycles. The van der Waals surface area contributed by atoms with Gasteiger partial charge in [-0.15, -0.1) is 0 Å². The first-order valence-corrected chi connectivity index (χ1v) is 11.1.